The highest BCUT2D eigenvalue weighted by Crippen LogP contribution is 2.36. The molecule has 0 aliphatic carbocycles. The van der Waals surface area contributed by atoms with Crippen LogP contribution in [0.1, 0.15) is 21.0 Å². The smallest absolute Gasteiger partial charge is 0.307 e. The number of rotatable bonds is 5. The van der Waals surface area contributed by atoms with Gasteiger partial charge in [-0.05, 0) is 29.8 Å². The van der Waals surface area contributed by atoms with Crippen molar-refractivity contribution < 1.29 is 27.9 Å². The minimum absolute atomic E-state index is 0.0743. The SMILES string of the molecule is O=C(O)Cc1cc(C(=O)c2ccco2)sc1-c1cccc(F)c1F. The number of benzene rings is 1. The van der Waals surface area contributed by atoms with Gasteiger partial charge < -0.3 is 9.52 Å². The van der Waals surface area contributed by atoms with E-state index in [1.165, 1.54) is 30.5 Å². The highest BCUT2D eigenvalue weighted by Gasteiger charge is 2.22. The maximum Gasteiger partial charge on any atom is 0.307 e. The number of hydrogen-bond donors (Lipinski definition) is 1. The summed E-state index contributed by atoms with van der Waals surface area (Å²) >= 11 is 0.904. The van der Waals surface area contributed by atoms with Crippen LogP contribution >= 0.6 is 11.3 Å². The van der Waals surface area contributed by atoms with Gasteiger partial charge in [-0.25, -0.2) is 8.78 Å². The van der Waals surface area contributed by atoms with Crippen LogP contribution in [0.4, 0.5) is 8.78 Å². The Bertz CT molecular complexity index is 913. The number of furan rings is 1. The number of aliphatic carboxylic acids is 1. The third-order valence-corrected chi connectivity index (χ3v) is 4.53. The number of carboxylic acid groups (broad SMARTS) is 1. The van der Waals surface area contributed by atoms with Gasteiger partial charge in [0, 0.05) is 10.4 Å². The summed E-state index contributed by atoms with van der Waals surface area (Å²) in [6.07, 6.45) is 0.930. The molecule has 0 spiro atoms. The average Bonchev–Trinajstić information content (AvgIpc) is 3.19. The zero-order chi connectivity index (χ0) is 17.3. The lowest BCUT2D eigenvalue weighted by atomic mass is 10.1. The van der Waals surface area contributed by atoms with Gasteiger partial charge >= 0.3 is 5.97 Å². The molecule has 2 aromatic heterocycles. The number of carbonyl (C=O) groups excluding carboxylic acids is 1. The van der Waals surface area contributed by atoms with E-state index in [0.717, 1.165) is 17.4 Å². The first-order valence-electron chi connectivity index (χ1n) is 6.84. The molecule has 0 unspecified atom stereocenters. The van der Waals surface area contributed by atoms with Gasteiger partial charge in [-0.2, -0.15) is 0 Å². The molecule has 2 heterocycles. The predicted octanol–water partition coefficient (Wildman–Crippen LogP) is 4.14. The van der Waals surface area contributed by atoms with Crippen LogP contribution in [0.5, 0.6) is 0 Å². The minimum Gasteiger partial charge on any atom is -0.481 e. The molecular formula is C17H10F2O4S. The van der Waals surface area contributed by atoms with Crippen molar-refractivity contribution >= 4 is 23.1 Å². The summed E-state index contributed by atoms with van der Waals surface area (Å²) in [5.41, 5.74) is 0.168. The number of carboxylic acids is 1. The topological polar surface area (TPSA) is 67.5 Å². The third kappa shape index (κ3) is 2.98. The Morgan fingerprint density at radius 2 is 1.96 bits per heavy atom. The fourth-order valence-electron chi connectivity index (χ4n) is 2.27. The van der Waals surface area contributed by atoms with Crippen LogP contribution in [-0.2, 0) is 11.2 Å². The van der Waals surface area contributed by atoms with E-state index in [4.69, 9.17) is 9.52 Å². The van der Waals surface area contributed by atoms with Crippen LogP contribution in [0.15, 0.2) is 47.1 Å². The van der Waals surface area contributed by atoms with E-state index in [1.54, 1.807) is 6.07 Å². The van der Waals surface area contributed by atoms with Crippen molar-refractivity contribution in [2.75, 3.05) is 0 Å². The number of hydrogen-bond acceptors (Lipinski definition) is 4. The number of carbonyl (C=O) groups is 2. The lowest BCUT2D eigenvalue weighted by Gasteiger charge is -2.04. The first-order chi connectivity index (χ1) is 11.5. The van der Waals surface area contributed by atoms with E-state index < -0.39 is 29.8 Å². The molecule has 4 nitrogen and oxygen atoms in total. The first kappa shape index (κ1) is 16.1. The van der Waals surface area contributed by atoms with E-state index in [2.05, 4.69) is 0 Å². The zero-order valence-electron chi connectivity index (χ0n) is 12.1. The molecule has 0 saturated heterocycles. The molecular weight excluding hydrogens is 338 g/mol. The molecule has 7 heteroatoms. The molecule has 3 rings (SSSR count). The fourth-order valence-corrected chi connectivity index (χ4v) is 3.42. The van der Waals surface area contributed by atoms with Crippen LogP contribution < -0.4 is 0 Å². The van der Waals surface area contributed by atoms with Gasteiger partial charge in [0.25, 0.3) is 0 Å². The van der Waals surface area contributed by atoms with Gasteiger partial charge in [0.1, 0.15) is 0 Å². The Hall–Kier alpha value is -2.80. The van der Waals surface area contributed by atoms with Crippen molar-refractivity contribution in [3.63, 3.8) is 0 Å². The normalized spacial score (nSPS) is 10.8. The molecule has 0 fully saturated rings. The molecule has 0 radical (unpaired) electrons. The molecule has 0 amide bonds. The Kier molecular flexibility index (Phi) is 4.26. The summed E-state index contributed by atoms with van der Waals surface area (Å²) in [6, 6.07) is 8.04. The van der Waals surface area contributed by atoms with Crippen LogP contribution in [0.25, 0.3) is 10.4 Å². The van der Waals surface area contributed by atoms with Gasteiger partial charge in [0.2, 0.25) is 5.78 Å². The van der Waals surface area contributed by atoms with Gasteiger partial charge in [-0.1, -0.05) is 12.1 Å². The standard InChI is InChI=1S/C17H10F2O4S/c18-11-4-1-3-10(15(11)19)17-9(8-14(20)21)7-13(24-17)16(22)12-5-2-6-23-12/h1-7H,8H2,(H,20,21). The van der Waals surface area contributed by atoms with Crippen molar-refractivity contribution in [2.45, 2.75) is 6.42 Å². The second kappa shape index (κ2) is 6.37. The van der Waals surface area contributed by atoms with Crippen molar-refractivity contribution in [2.24, 2.45) is 0 Å². The Morgan fingerprint density at radius 1 is 1.17 bits per heavy atom. The first-order valence-corrected chi connectivity index (χ1v) is 7.66. The molecule has 3 aromatic rings. The quantitative estimate of drug-likeness (QED) is 0.704. The summed E-state index contributed by atoms with van der Waals surface area (Å²) in [6.45, 7) is 0. The maximum atomic E-state index is 14.1. The average molecular weight is 348 g/mol. The van der Waals surface area contributed by atoms with Crippen molar-refractivity contribution in [3.05, 3.63) is 70.5 Å². The molecule has 122 valence electrons. The second-order valence-corrected chi connectivity index (χ2v) is 6.00. The third-order valence-electron chi connectivity index (χ3n) is 3.32. The largest absolute Gasteiger partial charge is 0.481 e. The van der Waals surface area contributed by atoms with Gasteiger partial charge in [-0.3, -0.25) is 9.59 Å². The lowest BCUT2D eigenvalue weighted by Crippen LogP contribution is -2.01. The van der Waals surface area contributed by atoms with Crippen LogP contribution in [0.2, 0.25) is 0 Å². The van der Waals surface area contributed by atoms with E-state index in [1.807, 2.05) is 0 Å². The van der Waals surface area contributed by atoms with Crippen LogP contribution in [0, 0.1) is 11.6 Å². The van der Waals surface area contributed by atoms with E-state index in [-0.39, 0.29) is 26.6 Å². The molecule has 0 atom stereocenters. The van der Waals surface area contributed by atoms with Gasteiger partial charge in [-0.15, -0.1) is 11.3 Å². The summed E-state index contributed by atoms with van der Waals surface area (Å²) in [4.78, 5) is 23.8. The zero-order valence-corrected chi connectivity index (χ0v) is 12.9. The van der Waals surface area contributed by atoms with E-state index >= 15 is 0 Å². The number of thiophene rings is 1. The van der Waals surface area contributed by atoms with Crippen LogP contribution in [0.3, 0.4) is 0 Å². The second-order valence-electron chi connectivity index (χ2n) is 4.94. The fraction of sp³-hybridized carbons (Fsp3) is 0.0588. The van der Waals surface area contributed by atoms with Gasteiger partial charge in [0.15, 0.2) is 17.4 Å². The number of ketones is 1. The van der Waals surface area contributed by atoms with Crippen LogP contribution in [-0.4, -0.2) is 16.9 Å². The molecule has 1 N–H and O–H groups in total. The molecule has 0 aliphatic rings. The lowest BCUT2D eigenvalue weighted by molar-refractivity contribution is -0.136. The highest BCUT2D eigenvalue weighted by molar-refractivity contribution is 7.17. The highest BCUT2D eigenvalue weighted by atomic mass is 32.1. The Morgan fingerprint density at radius 3 is 2.62 bits per heavy atom. The van der Waals surface area contributed by atoms with Gasteiger partial charge in [0.05, 0.1) is 17.6 Å². The minimum atomic E-state index is -1.14. The molecule has 0 aliphatic heterocycles. The van der Waals surface area contributed by atoms with E-state index in [9.17, 15) is 18.4 Å². The Balaban J connectivity index is 2.12. The van der Waals surface area contributed by atoms with Crippen molar-refractivity contribution in [3.8, 4) is 10.4 Å². The predicted molar refractivity (Wildman–Crippen MR) is 83.2 cm³/mol. The monoisotopic (exact) mass is 348 g/mol. The maximum absolute atomic E-state index is 14.1. The molecule has 24 heavy (non-hydrogen) atoms. The summed E-state index contributed by atoms with van der Waals surface area (Å²) in [5, 5.41) is 9.03. The Labute approximate surface area is 139 Å². The molecule has 1 aromatic carbocycles. The molecule has 0 bridgehead atoms. The van der Waals surface area contributed by atoms with E-state index in [0.29, 0.717) is 0 Å². The van der Waals surface area contributed by atoms with Crippen molar-refractivity contribution in [1.29, 1.82) is 0 Å². The summed E-state index contributed by atoms with van der Waals surface area (Å²) in [7, 11) is 0. The summed E-state index contributed by atoms with van der Waals surface area (Å²) in [5.74, 6) is -3.61. The molecule has 0 saturated carbocycles. The van der Waals surface area contributed by atoms with Crippen molar-refractivity contribution in [1.82, 2.24) is 0 Å². The summed E-state index contributed by atoms with van der Waals surface area (Å²) < 4.78 is 32.6. The number of halogens is 2.